The zero-order valence-electron chi connectivity index (χ0n) is 36.5. The van der Waals surface area contributed by atoms with Crippen molar-refractivity contribution in [2.45, 2.75) is 75.4 Å². The molecule has 0 unspecified atom stereocenters. The molecule has 2 aliphatic heterocycles. The quantitative estimate of drug-likeness (QED) is 0.0807. The number of pyridine rings is 1. The lowest BCUT2D eigenvalue weighted by Crippen LogP contribution is -2.47. The van der Waals surface area contributed by atoms with E-state index in [9.17, 15) is 23.3 Å². The number of benzene rings is 3. The number of carbonyl (C=O) groups is 1. The number of piperazine rings is 1. The van der Waals surface area contributed by atoms with Gasteiger partial charge in [0.15, 0.2) is 5.75 Å². The highest BCUT2D eigenvalue weighted by Gasteiger charge is 2.40. The highest BCUT2D eigenvalue weighted by molar-refractivity contribution is 7.90. The summed E-state index contributed by atoms with van der Waals surface area (Å²) in [5.74, 6) is -0.854. The van der Waals surface area contributed by atoms with E-state index in [1.54, 1.807) is 24.4 Å². The van der Waals surface area contributed by atoms with Crippen molar-refractivity contribution in [1.82, 2.24) is 24.5 Å². The fourth-order valence-corrected chi connectivity index (χ4v) is 10.3. The number of aromatic nitrogens is 2. The van der Waals surface area contributed by atoms with Crippen molar-refractivity contribution in [1.29, 1.82) is 0 Å². The second-order valence-electron chi connectivity index (χ2n) is 18.6. The summed E-state index contributed by atoms with van der Waals surface area (Å²) in [7, 11) is -4.66. The molecule has 3 aromatic carbocycles. The minimum Gasteiger partial charge on any atom is -0.483 e. The molecule has 9 rings (SSSR count). The van der Waals surface area contributed by atoms with Gasteiger partial charge in [0.05, 0.1) is 21.6 Å². The van der Waals surface area contributed by atoms with Gasteiger partial charge >= 0.3 is 5.69 Å². The maximum absolute atomic E-state index is 15.7. The number of hydrogen-bond acceptors (Lipinski definition) is 11. The van der Waals surface area contributed by atoms with Crippen LogP contribution in [0.4, 0.5) is 15.8 Å². The Bertz CT molecular complexity index is 2740. The number of carbonyl (C=O) groups excluding carboxylic acids is 1. The van der Waals surface area contributed by atoms with Crippen molar-refractivity contribution in [3.63, 3.8) is 0 Å². The van der Waals surface area contributed by atoms with Crippen LogP contribution in [0, 0.1) is 15.5 Å². The average molecular weight is 927 g/mol. The van der Waals surface area contributed by atoms with Gasteiger partial charge in [0.25, 0.3) is 15.9 Å². The average Bonchev–Trinajstić information content (AvgIpc) is 4.03. The molecule has 2 saturated heterocycles. The van der Waals surface area contributed by atoms with E-state index in [0.29, 0.717) is 43.6 Å². The first kappa shape index (κ1) is 44.6. The van der Waals surface area contributed by atoms with Crippen LogP contribution in [0.25, 0.3) is 16.6 Å². The number of amides is 1. The molecule has 17 heteroatoms. The number of anilines is 1. The van der Waals surface area contributed by atoms with Crippen LogP contribution in [0.15, 0.2) is 95.7 Å². The second-order valence-corrected chi connectivity index (χ2v) is 20.7. The molecule has 0 radical (unpaired) electrons. The number of halogens is 2. The standard InChI is InChI=1S/C48H53ClFN7O7S/c1-47(2)15-13-34(41(28-47)32-3-5-35(49)6-4-32)30-54-21-23-56(24-22-54)37-9-11-40(44(26-37)64-38-25-33-14-18-51-45(33)52-29-38)46(58)53-65(61,62)39-10-12-43(42(27-39)57(59)60)63-31-48(50)16-19-55(20-17-48)36-7-8-36/h3-6,9-12,14,18,25-27,29,36H,7-8,13,15-17,19-24,28,30-31H2,1-2H3,(H,51,52)(H,53,58). The van der Waals surface area contributed by atoms with Crippen molar-refractivity contribution in [3.05, 3.63) is 117 Å². The molecule has 342 valence electrons. The number of aromatic amines is 1. The summed E-state index contributed by atoms with van der Waals surface area (Å²) in [6, 6.07) is 20.3. The van der Waals surface area contributed by atoms with Crippen LogP contribution >= 0.6 is 11.6 Å². The largest absolute Gasteiger partial charge is 0.483 e. The zero-order valence-corrected chi connectivity index (χ0v) is 38.1. The third kappa shape index (κ3) is 10.3. The van der Waals surface area contributed by atoms with Gasteiger partial charge in [-0.15, -0.1) is 0 Å². The van der Waals surface area contributed by atoms with E-state index in [-0.39, 0.29) is 35.3 Å². The SMILES string of the molecule is CC1(C)CCC(CN2CCN(c3ccc(C(=O)NS(=O)(=O)c4ccc(OCC5(F)CCN(C6CC6)CC5)c([N+](=O)[O-])c4)c(Oc4cnc5[nH]ccc5c4)c3)CC2)=C(c2ccc(Cl)cc2)C1. The number of likely N-dealkylation sites (tertiary alicyclic amines) is 1. The van der Waals surface area contributed by atoms with Gasteiger partial charge in [0.1, 0.15) is 29.4 Å². The summed E-state index contributed by atoms with van der Waals surface area (Å²) >= 11 is 6.24. The first-order valence-electron chi connectivity index (χ1n) is 22.2. The normalized spacial score (nSPS) is 19.3. The first-order valence-corrected chi connectivity index (χ1v) is 24.1. The number of ether oxygens (including phenoxy) is 2. The molecule has 2 aliphatic carbocycles. The number of rotatable bonds is 14. The predicted octanol–water partition coefficient (Wildman–Crippen LogP) is 9.17. The van der Waals surface area contributed by atoms with Gasteiger partial charge in [-0.25, -0.2) is 22.5 Å². The Morgan fingerprint density at radius 2 is 1.72 bits per heavy atom. The third-order valence-corrected chi connectivity index (χ3v) is 14.8. The monoisotopic (exact) mass is 925 g/mol. The van der Waals surface area contributed by atoms with E-state index >= 15 is 4.39 Å². The van der Waals surface area contributed by atoms with Gasteiger partial charge in [-0.05, 0) is 110 Å². The van der Waals surface area contributed by atoms with Crippen LogP contribution in [-0.4, -0.2) is 103 Å². The third-order valence-electron chi connectivity index (χ3n) is 13.3. The van der Waals surface area contributed by atoms with Crippen molar-refractivity contribution < 1.29 is 32.0 Å². The molecule has 1 saturated carbocycles. The molecule has 0 bridgehead atoms. The van der Waals surface area contributed by atoms with E-state index in [1.807, 2.05) is 18.2 Å². The molecule has 14 nitrogen and oxygen atoms in total. The van der Waals surface area contributed by atoms with Crippen LogP contribution in [0.5, 0.6) is 17.2 Å². The number of hydrogen-bond donors (Lipinski definition) is 2. The minimum absolute atomic E-state index is 0.0811. The van der Waals surface area contributed by atoms with Crippen LogP contribution in [0.3, 0.4) is 0 Å². The Labute approximate surface area is 382 Å². The summed E-state index contributed by atoms with van der Waals surface area (Å²) in [4.78, 5) is 39.2. The maximum Gasteiger partial charge on any atom is 0.312 e. The summed E-state index contributed by atoms with van der Waals surface area (Å²) in [6.07, 6.45) is 9.12. The van der Waals surface area contributed by atoms with Crippen LogP contribution in [0.2, 0.25) is 5.02 Å². The number of nitrogens with one attached hydrogen (secondary N) is 2. The Hall–Kier alpha value is -5.55. The maximum atomic E-state index is 15.7. The summed E-state index contributed by atoms with van der Waals surface area (Å²) < 4.78 is 57.2. The van der Waals surface area contributed by atoms with Gasteiger partial charge in [0, 0.05) is 86.3 Å². The van der Waals surface area contributed by atoms with E-state index in [2.05, 4.69) is 55.4 Å². The number of nitrogens with zero attached hydrogens (tertiary/aromatic N) is 5. The lowest BCUT2D eigenvalue weighted by atomic mass is 9.72. The van der Waals surface area contributed by atoms with Crippen molar-refractivity contribution in [2.24, 2.45) is 5.41 Å². The number of piperidine rings is 1. The van der Waals surface area contributed by atoms with Gasteiger partial charge in [0.2, 0.25) is 0 Å². The Kier molecular flexibility index (Phi) is 12.4. The number of nitro benzene ring substituents is 1. The lowest BCUT2D eigenvalue weighted by molar-refractivity contribution is -0.386. The van der Waals surface area contributed by atoms with Crippen molar-refractivity contribution in [3.8, 4) is 17.2 Å². The molecule has 5 aromatic rings. The fourth-order valence-electron chi connectivity index (χ4n) is 9.23. The van der Waals surface area contributed by atoms with Gasteiger partial charge in [-0.3, -0.25) is 19.8 Å². The smallest absolute Gasteiger partial charge is 0.312 e. The molecule has 3 fully saturated rings. The number of nitro groups is 1. The first-order chi connectivity index (χ1) is 31.1. The number of fused-ring (bicyclic) bond motifs is 1. The number of allylic oxidation sites excluding steroid dienone is 1. The molecule has 4 heterocycles. The molecule has 0 spiro atoms. The number of alkyl halides is 1. The number of sulfonamides is 1. The molecule has 65 heavy (non-hydrogen) atoms. The molecular weight excluding hydrogens is 873 g/mol. The second kappa shape index (κ2) is 18.0. The molecule has 2 aromatic heterocycles. The van der Waals surface area contributed by atoms with Crippen LogP contribution in [0.1, 0.15) is 74.7 Å². The summed E-state index contributed by atoms with van der Waals surface area (Å²) in [5, 5.41) is 13.6. The summed E-state index contributed by atoms with van der Waals surface area (Å²) in [6.45, 7) is 9.29. The molecular formula is C48H53ClFN7O7S. The summed E-state index contributed by atoms with van der Waals surface area (Å²) in [5.41, 5.74) is 3.30. The van der Waals surface area contributed by atoms with E-state index < -0.39 is 43.7 Å². The van der Waals surface area contributed by atoms with Crippen molar-refractivity contribution in [2.75, 3.05) is 57.3 Å². The topological polar surface area (TPSA) is 163 Å². The van der Waals surface area contributed by atoms with E-state index in [0.717, 1.165) is 86.0 Å². The molecule has 2 N–H and O–H groups in total. The van der Waals surface area contributed by atoms with Crippen molar-refractivity contribution >= 4 is 55.5 Å². The minimum atomic E-state index is -4.66. The van der Waals surface area contributed by atoms with Gasteiger partial charge in [-0.2, -0.15) is 0 Å². The molecule has 4 aliphatic rings. The van der Waals surface area contributed by atoms with Gasteiger partial charge < -0.3 is 24.3 Å². The van der Waals surface area contributed by atoms with Gasteiger partial charge in [-0.1, -0.05) is 43.2 Å². The Morgan fingerprint density at radius 3 is 2.45 bits per heavy atom. The molecule has 0 atom stereocenters. The Morgan fingerprint density at radius 1 is 0.969 bits per heavy atom. The zero-order chi connectivity index (χ0) is 45.5. The van der Waals surface area contributed by atoms with E-state index in [1.165, 1.54) is 29.0 Å². The Balaban J connectivity index is 0.911. The highest BCUT2D eigenvalue weighted by Crippen LogP contribution is 2.44. The highest BCUT2D eigenvalue weighted by atomic mass is 35.5. The lowest BCUT2D eigenvalue weighted by Gasteiger charge is -2.39. The van der Waals surface area contributed by atoms with E-state index in [4.69, 9.17) is 21.1 Å². The van der Waals surface area contributed by atoms with Crippen LogP contribution in [-0.2, 0) is 10.0 Å². The molecule has 1 amide bonds. The fraction of sp³-hybridized carbons (Fsp3) is 0.417. The number of H-pyrrole nitrogens is 1. The predicted molar refractivity (Wildman–Crippen MR) is 248 cm³/mol. The van der Waals surface area contributed by atoms with Crippen LogP contribution < -0.4 is 19.1 Å².